The lowest BCUT2D eigenvalue weighted by Gasteiger charge is -2.34. The molecule has 3 N–H and O–H groups in total. The summed E-state index contributed by atoms with van der Waals surface area (Å²) in [7, 11) is 0. The maximum atomic E-state index is 13.1. The first-order valence-corrected chi connectivity index (χ1v) is 10.4. The summed E-state index contributed by atoms with van der Waals surface area (Å²) in [4.78, 5) is 24.1. The molecule has 1 aliphatic carbocycles. The Hall–Kier alpha value is -2.73. The van der Waals surface area contributed by atoms with Gasteiger partial charge in [0.2, 0.25) is 11.8 Å². The van der Waals surface area contributed by atoms with Gasteiger partial charge in [-0.2, -0.15) is 0 Å². The zero-order valence-electron chi connectivity index (χ0n) is 17.2. The van der Waals surface area contributed by atoms with Gasteiger partial charge < -0.3 is 15.7 Å². The van der Waals surface area contributed by atoms with Crippen molar-refractivity contribution in [2.24, 2.45) is 0 Å². The fourth-order valence-electron chi connectivity index (χ4n) is 4.28. The maximum Gasteiger partial charge on any atom is 0.224 e. The summed E-state index contributed by atoms with van der Waals surface area (Å²) in [6.45, 7) is 1.90. The van der Waals surface area contributed by atoms with Gasteiger partial charge in [-0.25, -0.2) is 4.39 Å². The Kier molecular flexibility index (Phi) is 7.21. The summed E-state index contributed by atoms with van der Waals surface area (Å²) in [5.41, 5.74) is 1.54. The first-order valence-electron chi connectivity index (χ1n) is 10.4. The van der Waals surface area contributed by atoms with E-state index in [1.54, 1.807) is 12.1 Å². The third-order valence-electron chi connectivity index (χ3n) is 5.99. The average molecular weight is 413 g/mol. The number of hydrogen-bond donors (Lipinski definition) is 3. The van der Waals surface area contributed by atoms with Crippen molar-refractivity contribution in [3.8, 4) is 0 Å². The Bertz CT molecular complexity index is 857. The molecule has 0 bridgehead atoms. The van der Waals surface area contributed by atoms with E-state index in [2.05, 4.69) is 22.8 Å². The second-order valence-corrected chi connectivity index (χ2v) is 8.18. The number of carbonyl (C=O) groups excluding carboxylic acids is 2. The van der Waals surface area contributed by atoms with E-state index in [1.165, 1.54) is 19.1 Å². The standard InChI is InChI=1S/C24H29FN2O3/c1-17(28)27-21-11-13-24(14-12-22(21)29,19-5-3-2-4-6-19)16-26-23(30)15-18-7-9-20(25)10-8-18/h2-10,21-22,29H,11-16H2,1H3,(H,26,30)(H,27,28)/t21-,22-,24-/m0/s1. The van der Waals surface area contributed by atoms with Crippen LogP contribution in [0, 0.1) is 5.82 Å². The molecule has 0 heterocycles. The molecule has 0 unspecified atom stereocenters. The normalized spacial score (nSPS) is 24.0. The molecule has 0 aliphatic heterocycles. The van der Waals surface area contributed by atoms with Gasteiger partial charge in [0.25, 0.3) is 0 Å². The number of nitrogens with one attached hydrogen (secondary N) is 2. The first-order chi connectivity index (χ1) is 14.4. The van der Waals surface area contributed by atoms with Gasteiger partial charge in [0.15, 0.2) is 0 Å². The Morgan fingerprint density at radius 2 is 1.73 bits per heavy atom. The van der Waals surface area contributed by atoms with E-state index < -0.39 is 6.10 Å². The van der Waals surface area contributed by atoms with Crippen LogP contribution in [0.2, 0.25) is 0 Å². The highest BCUT2D eigenvalue weighted by atomic mass is 19.1. The molecule has 1 saturated carbocycles. The van der Waals surface area contributed by atoms with Gasteiger partial charge >= 0.3 is 0 Å². The Balaban J connectivity index is 1.73. The second-order valence-electron chi connectivity index (χ2n) is 8.18. The number of hydrogen-bond acceptors (Lipinski definition) is 3. The van der Waals surface area contributed by atoms with Crippen molar-refractivity contribution in [3.05, 3.63) is 71.5 Å². The lowest BCUT2D eigenvalue weighted by atomic mass is 9.74. The highest BCUT2D eigenvalue weighted by Gasteiger charge is 2.38. The molecule has 2 aromatic carbocycles. The topological polar surface area (TPSA) is 78.4 Å². The monoisotopic (exact) mass is 412 g/mol. The van der Waals surface area contributed by atoms with E-state index in [-0.39, 0.29) is 35.5 Å². The van der Waals surface area contributed by atoms with Gasteiger partial charge in [-0.15, -0.1) is 0 Å². The minimum absolute atomic E-state index is 0.125. The Labute approximate surface area is 176 Å². The predicted molar refractivity (Wildman–Crippen MR) is 113 cm³/mol. The van der Waals surface area contributed by atoms with Crippen LogP contribution >= 0.6 is 0 Å². The van der Waals surface area contributed by atoms with Crippen LogP contribution in [0.3, 0.4) is 0 Å². The number of aliphatic hydroxyl groups excluding tert-OH is 1. The summed E-state index contributed by atoms with van der Waals surface area (Å²) in [5, 5.41) is 16.4. The van der Waals surface area contributed by atoms with Crippen LogP contribution in [0.4, 0.5) is 4.39 Å². The smallest absolute Gasteiger partial charge is 0.224 e. The maximum absolute atomic E-state index is 13.1. The molecular weight excluding hydrogens is 383 g/mol. The first kappa shape index (κ1) is 22.0. The number of benzene rings is 2. The summed E-state index contributed by atoms with van der Waals surface area (Å²) in [6.07, 6.45) is 2.16. The van der Waals surface area contributed by atoms with Gasteiger partial charge in [0, 0.05) is 18.9 Å². The third kappa shape index (κ3) is 5.66. The van der Waals surface area contributed by atoms with Crippen LogP contribution in [-0.2, 0) is 21.4 Å². The van der Waals surface area contributed by atoms with Crippen molar-refractivity contribution in [3.63, 3.8) is 0 Å². The van der Waals surface area contributed by atoms with Crippen LogP contribution in [0.15, 0.2) is 54.6 Å². The second kappa shape index (κ2) is 9.85. The van der Waals surface area contributed by atoms with E-state index in [0.29, 0.717) is 25.8 Å². The zero-order chi connectivity index (χ0) is 21.6. The van der Waals surface area contributed by atoms with Gasteiger partial charge in [0.1, 0.15) is 5.82 Å². The number of amides is 2. The minimum atomic E-state index is -0.616. The van der Waals surface area contributed by atoms with E-state index in [9.17, 15) is 19.1 Å². The zero-order valence-corrected chi connectivity index (χ0v) is 17.2. The fraction of sp³-hybridized carbons (Fsp3) is 0.417. The number of aliphatic hydroxyl groups is 1. The van der Waals surface area contributed by atoms with Crippen molar-refractivity contribution in [2.45, 2.75) is 56.6 Å². The van der Waals surface area contributed by atoms with Gasteiger partial charge in [-0.3, -0.25) is 9.59 Å². The number of carbonyl (C=O) groups is 2. The van der Waals surface area contributed by atoms with Crippen LogP contribution < -0.4 is 10.6 Å². The van der Waals surface area contributed by atoms with E-state index in [1.807, 2.05) is 18.2 Å². The van der Waals surface area contributed by atoms with Crippen molar-refractivity contribution in [2.75, 3.05) is 6.54 Å². The molecule has 1 fully saturated rings. The van der Waals surface area contributed by atoms with Crippen LogP contribution in [0.1, 0.15) is 43.7 Å². The summed E-state index contributed by atoms with van der Waals surface area (Å²) >= 11 is 0. The number of rotatable bonds is 6. The Morgan fingerprint density at radius 1 is 1.07 bits per heavy atom. The number of halogens is 1. The fourth-order valence-corrected chi connectivity index (χ4v) is 4.28. The molecule has 0 radical (unpaired) electrons. The quantitative estimate of drug-likeness (QED) is 0.639. The largest absolute Gasteiger partial charge is 0.391 e. The van der Waals surface area contributed by atoms with Crippen LogP contribution in [-0.4, -0.2) is 35.6 Å². The van der Waals surface area contributed by atoms with E-state index in [4.69, 9.17) is 0 Å². The molecule has 0 aromatic heterocycles. The Morgan fingerprint density at radius 3 is 2.40 bits per heavy atom. The lowest BCUT2D eigenvalue weighted by Crippen LogP contribution is -2.42. The molecule has 3 rings (SSSR count). The van der Waals surface area contributed by atoms with Crippen molar-refractivity contribution < 1.29 is 19.1 Å². The molecule has 2 aromatic rings. The molecule has 1 aliphatic rings. The summed E-state index contributed by atoms with van der Waals surface area (Å²) in [5.74, 6) is -0.605. The molecule has 6 heteroatoms. The molecule has 160 valence electrons. The molecule has 0 spiro atoms. The third-order valence-corrected chi connectivity index (χ3v) is 5.99. The van der Waals surface area contributed by atoms with E-state index in [0.717, 1.165) is 17.5 Å². The molecule has 30 heavy (non-hydrogen) atoms. The summed E-state index contributed by atoms with van der Waals surface area (Å²) in [6, 6.07) is 15.6. The molecule has 5 nitrogen and oxygen atoms in total. The SMILES string of the molecule is CC(=O)N[C@H]1CC[C@](CNC(=O)Cc2ccc(F)cc2)(c2ccccc2)CC[C@@H]1O. The summed E-state index contributed by atoms with van der Waals surface area (Å²) < 4.78 is 13.1. The average Bonchev–Trinajstić information content (AvgIpc) is 2.89. The van der Waals surface area contributed by atoms with Crippen molar-refractivity contribution in [1.82, 2.24) is 10.6 Å². The van der Waals surface area contributed by atoms with E-state index >= 15 is 0 Å². The molecule has 2 amide bonds. The predicted octanol–water partition coefficient (Wildman–Crippen LogP) is 2.86. The highest BCUT2D eigenvalue weighted by Crippen LogP contribution is 2.38. The highest BCUT2D eigenvalue weighted by molar-refractivity contribution is 5.78. The molecule has 3 atom stereocenters. The molecular formula is C24H29FN2O3. The van der Waals surface area contributed by atoms with Crippen LogP contribution in [0.25, 0.3) is 0 Å². The van der Waals surface area contributed by atoms with Gasteiger partial charge in [0.05, 0.1) is 18.6 Å². The minimum Gasteiger partial charge on any atom is -0.391 e. The van der Waals surface area contributed by atoms with Crippen molar-refractivity contribution in [1.29, 1.82) is 0 Å². The van der Waals surface area contributed by atoms with Gasteiger partial charge in [-0.05, 0) is 48.9 Å². The van der Waals surface area contributed by atoms with Crippen LogP contribution in [0.5, 0.6) is 0 Å². The van der Waals surface area contributed by atoms with Crippen molar-refractivity contribution >= 4 is 11.8 Å². The van der Waals surface area contributed by atoms with Gasteiger partial charge in [-0.1, -0.05) is 42.5 Å². The molecule has 0 saturated heterocycles. The lowest BCUT2D eigenvalue weighted by molar-refractivity contribution is -0.121.